The summed E-state index contributed by atoms with van der Waals surface area (Å²) < 4.78 is 2.04. The third-order valence-electron chi connectivity index (χ3n) is 9.38. The lowest BCUT2D eigenvalue weighted by Crippen LogP contribution is -2.28. The van der Waals surface area contributed by atoms with E-state index in [0.717, 1.165) is 30.3 Å². The average molecular weight is 686 g/mol. The van der Waals surface area contributed by atoms with Crippen molar-refractivity contribution < 1.29 is 19.3 Å². The smallest absolute Gasteiger partial charge is 0.282 e. The standard InChI is InChI=1S/C37H45N6O7/c1-24(2)16-18-39-28-20-26(38-44)21-30(42(47)48)34(28)36(5,6)32(39)14-12-10-9-11-13-15-33-37(7,8)35-29(40(33)19-17-25(3)4)22-27(41(45)46)23-31(35)43(49)50/h9-15,20-25H,16-19H2,1-8H3/q+1. The minimum Gasteiger partial charge on any atom is -0.344 e. The topological polar surface area (TPSA) is 165 Å². The van der Waals surface area contributed by atoms with Crippen LogP contribution in [-0.4, -0.2) is 38.1 Å². The van der Waals surface area contributed by atoms with Crippen LogP contribution in [0.1, 0.15) is 79.4 Å². The highest BCUT2D eigenvalue weighted by atomic mass is 16.6. The van der Waals surface area contributed by atoms with Crippen LogP contribution in [0.3, 0.4) is 0 Å². The maximum absolute atomic E-state index is 12.1. The predicted octanol–water partition coefficient (Wildman–Crippen LogP) is 9.63. The molecule has 0 aromatic heterocycles. The molecular formula is C37H45N6O7+. The van der Waals surface area contributed by atoms with Crippen LogP contribution in [-0.2, 0) is 10.8 Å². The molecule has 0 radical (unpaired) electrons. The molecule has 2 aliphatic rings. The second kappa shape index (κ2) is 14.7. The molecule has 50 heavy (non-hydrogen) atoms. The molecule has 0 N–H and O–H groups in total. The van der Waals surface area contributed by atoms with Gasteiger partial charge in [-0.3, -0.25) is 30.3 Å². The minimum absolute atomic E-state index is 0.00863. The molecule has 2 aliphatic heterocycles. The zero-order valence-corrected chi connectivity index (χ0v) is 29.9. The largest absolute Gasteiger partial charge is 0.344 e. The number of rotatable bonds is 14. The fourth-order valence-corrected chi connectivity index (χ4v) is 6.88. The molecule has 4 rings (SSSR count). The first-order valence-corrected chi connectivity index (χ1v) is 16.7. The summed E-state index contributed by atoms with van der Waals surface area (Å²) >= 11 is 0. The van der Waals surface area contributed by atoms with Crippen molar-refractivity contribution in [1.82, 2.24) is 0 Å². The van der Waals surface area contributed by atoms with Crippen molar-refractivity contribution in [2.75, 3.05) is 18.0 Å². The molecule has 0 spiro atoms. The number of non-ortho nitro benzene ring substituents is 1. The third kappa shape index (κ3) is 7.31. The lowest BCUT2D eigenvalue weighted by atomic mass is 9.80. The van der Waals surface area contributed by atoms with Crippen LogP contribution < -0.4 is 4.90 Å². The molecule has 0 fully saturated rings. The fraction of sp³-hybridized carbons (Fsp3) is 0.432. The maximum atomic E-state index is 12.1. The summed E-state index contributed by atoms with van der Waals surface area (Å²) in [7, 11) is 0. The van der Waals surface area contributed by atoms with E-state index in [4.69, 9.17) is 0 Å². The number of hydrogen-bond acceptors (Lipinski definition) is 9. The monoisotopic (exact) mass is 685 g/mol. The lowest BCUT2D eigenvalue weighted by Gasteiger charge is -2.27. The first-order valence-electron chi connectivity index (χ1n) is 16.7. The molecule has 0 saturated carbocycles. The predicted molar refractivity (Wildman–Crippen MR) is 196 cm³/mol. The Bertz CT molecular complexity index is 1880. The number of nitrogens with zero attached hydrogens (tertiary/aromatic N) is 6. The Balaban J connectivity index is 1.68. The Morgan fingerprint density at radius 2 is 1.38 bits per heavy atom. The van der Waals surface area contributed by atoms with Crippen molar-refractivity contribution in [3.63, 3.8) is 0 Å². The zero-order valence-electron chi connectivity index (χ0n) is 29.9. The molecule has 13 heteroatoms. The number of hydrogen-bond donors (Lipinski definition) is 0. The van der Waals surface area contributed by atoms with Crippen LogP contribution in [0.4, 0.5) is 34.1 Å². The van der Waals surface area contributed by atoms with Gasteiger partial charge in [0.05, 0.1) is 37.5 Å². The second-order valence-corrected chi connectivity index (χ2v) is 14.6. The number of nitro benzene ring substituents is 3. The molecular weight excluding hydrogens is 640 g/mol. The molecule has 0 atom stereocenters. The Labute approximate surface area is 291 Å². The first-order chi connectivity index (χ1) is 23.4. The Morgan fingerprint density at radius 1 is 0.780 bits per heavy atom. The first kappa shape index (κ1) is 37.5. The van der Waals surface area contributed by atoms with E-state index in [0.29, 0.717) is 47.4 Å². The highest BCUT2D eigenvalue weighted by molar-refractivity contribution is 6.04. The van der Waals surface area contributed by atoms with E-state index in [1.807, 2.05) is 79.7 Å². The SMILES string of the molecule is CC(C)CCN1/C(=C/C=C/C=C/C=C/C2=[N+](CCC(C)C)c3cc(N=O)cc([N+](=O)[O-])c3C2(C)C)C(C)(C)c2c1cc([N+](=O)[O-])cc2[N+](=O)[O-]. The number of nitroso groups, excluding NO2 is 1. The molecule has 264 valence electrons. The van der Waals surface area contributed by atoms with Gasteiger partial charge in [-0.2, -0.15) is 4.58 Å². The molecule has 0 bridgehead atoms. The van der Waals surface area contributed by atoms with E-state index >= 15 is 0 Å². The normalized spacial score (nSPS) is 17.2. The highest BCUT2D eigenvalue weighted by Crippen LogP contribution is 2.53. The second-order valence-electron chi connectivity index (χ2n) is 14.6. The number of anilines is 1. The van der Waals surface area contributed by atoms with Crippen LogP contribution in [0.5, 0.6) is 0 Å². The van der Waals surface area contributed by atoms with Crippen LogP contribution in [0.15, 0.2) is 77.7 Å². The summed E-state index contributed by atoms with van der Waals surface area (Å²) in [6.07, 6.45) is 14.6. The van der Waals surface area contributed by atoms with Gasteiger partial charge in [0.2, 0.25) is 5.69 Å². The maximum Gasteiger partial charge on any atom is 0.282 e. The molecule has 2 heterocycles. The van der Waals surface area contributed by atoms with E-state index in [1.54, 1.807) is 6.07 Å². The van der Waals surface area contributed by atoms with Gasteiger partial charge in [0, 0.05) is 48.4 Å². The Kier molecular flexibility index (Phi) is 11.0. The van der Waals surface area contributed by atoms with Crippen LogP contribution in [0.25, 0.3) is 0 Å². The van der Waals surface area contributed by atoms with E-state index in [9.17, 15) is 35.3 Å². The summed E-state index contributed by atoms with van der Waals surface area (Å²) in [5.74, 6) is 0.725. The minimum atomic E-state index is -0.793. The number of nitro groups is 3. The van der Waals surface area contributed by atoms with Gasteiger partial charge in [-0.1, -0.05) is 58.1 Å². The van der Waals surface area contributed by atoms with Crippen LogP contribution >= 0.6 is 0 Å². The number of fused-ring (bicyclic) bond motifs is 2. The van der Waals surface area contributed by atoms with E-state index in [-0.39, 0.29) is 22.7 Å². The van der Waals surface area contributed by atoms with Crippen molar-refractivity contribution in [3.8, 4) is 0 Å². The van der Waals surface area contributed by atoms with Crippen molar-refractivity contribution >= 4 is 39.8 Å². The van der Waals surface area contributed by atoms with Gasteiger partial charge in [0.1, 0.15) is 17.8 Å². The summed E-state index contributed by atoms with van der Waals surface area (Å²) in [6, 6.07) is 5.31. The third-order valence-corrected chi connectivity index (χ3v) is 9.38. The molecule has 2 aromatic carbocycles. The van der Waals surface area contributed by atoms with Gasteiger partial charge in [-0.15, -0.1) is 4.91 Å². The van der Waals surface area contributed by atoms with Crippen molar-refractivity contribution in [1.29, 1.82) is 0 Å². The van der Waals surface area contributed by atoms with Gasteiger partial charge in [-0.05, 0) is 57.2 Å². The Morgan fingerprint density at radius 3 is 1.96 bits per heavy atom. The van der Waals surface area contributed by atoms with E-state index < -0.39 is 25.6 Å². The lowest BCUT2D eigenvalue weighted by molar-refractivity contribution is -0.440. The number of benzene rings is 2. The van der Waals surface area contributed by atoms with Crippen molar-refractivity contribution in [2.24, 2.45) is 17.0 Å². The molecule has 13 nitrogen and oxygen atoms in total. The van der Waals surface area contributed by atoms with E-state index in [1.165, 1.54) is 12.1 Å². The summed E-state index contributed by atoms with van der Waals surface area (Å²) in [4.78, 5) is 47.6. The molecule has 0 amide bonds. The summed E-state index contributed by atoms with van der Waals surface area (Å²) in [5, 5.41) is 38.8. The van der Waals surface area contributed by atoms with Gasteiger partial charge in [-0.25, -0.2) is 0 Å². The fourth-order valence-electron chi connectivity index (χ4n) is 6.88. The summed E-state index contributed by atoms with van der Waals surface area (Å²) in [6.45, 7) is 17.2. The summed E-state index contributed by atoms with van der Waals surface area (Å²) in [5.41, 5.74) is 1.50. The highest BCUT2D eigenvalue weighted by Gasteiger charge is 2.50. The number of allylic oxidation sites excluding steroid dienone is 8. The van der Waals surface area contributed by atoms with Crippen molar-refractivity contribution in [3.05, 3.63) is 119 Å². The molecule has 0 aliphatic carbocycles. The van der Waals surface area contributed by atoms with Crippen LogP contribution in [0, 0.1) is 47.1 Å². The molecule has 0 unspecified atom stereocenters. The quantitative estimate of drug-likeness (QED) is 0.0623. The van der Waals surface area contributed by atoms with Gasteiger partial charge < -0.3 is 4.90 Å². The Hall–Kier alpha value is -5.33. The van der Waals surface area contributed by atoms with Gasteiger partial charge in [0.15, 0.2) is 5.71 Å². The average Bonchev–Trinajstić information content (AvgIpc) is 3.38. The molecule has 0 saturated heterocycles. The van der Waals surface area contributed by atoms with Gasteiger partial charge >= 0.3 is 0 Å². The zero-order chi connectivity index (χ0) is 37.1. The van der Waals surface area contributed by atoms with Crippen molar-refractivity contribution in [2.45, 2.75) is 79.1 Å². The molecule has 2 aromatic rings. The van der Waals surface area contributed by atoms with Crippen LogP contribution in [0.2, 0.25) is 0 Å². The van der Waals surface area contributed by atoms with Gasteiger partial charge in [0.25, 0.3) is 17.1 Å². The van der Waals surface area contributed by atoms with E-state index in [2.05, 4.69) is 32.9 Å².